The van der Waals surface area contributed by atoms with E-state index in [2.05, 4.69) is 9.97 Å². The van der Waals surface area contributed by atoms with Crippen molar-refractivity contribution >= 4 is 23.3 Å². The number of aliphatic carboxylic acids is 1. The molecule has 5 nitrogen and oxygen atoms in total. The molecule has 0 atom stereocenters. The fraction of sp³-hybridized carbons (Fsp3) is 0.222. The van der Waals surface area contributed by atoms with Gasteiger partial charge >= 0.3 is 5.97 Å². The van der Waals surface area contributed by atoms with Crippen LogP contribution in [0.15, 0.2) is 18.5 Å². The van der Waals surface area contributed by atoms with Crippen LogP contribution < -0.4 is 0 Å². The maximum absolute atomic E-state index is 10.5. The molecule has 0 unspecified atom stereocenters. The molecule has 0 aliphatic rings. The first-order valence-corrected chi connectivity index (χ1v) is 4.75. The van der Waals surface area contributed by atoms with E-state index in [1.54, 1.807) is 22.9 Å². The summed E-state index contributed by atoms with van der Waals surface area (Å²) in [4.78, 5) is 18.5. The molecule has 0 saturated heterocycles. The van der Waals surface area contributed by atoms with Crippen LogP contribution in [0.4, 0.5) is 0 Å². The molecule has 2 rings (SSSR count). The van der Waals surface area contributed by atoms with E-state index in [-0.39, 0.29) is 6.42 Å². The smallest absolute Gasteiger partial charge is 0.303 e. The second-order valence-corrected chi connectivity index (χ2v) is 3.39. The van der Waals surface area contributed by atoms with Gasteiger partial charge in [0, 0.05) is 18.8 Å². The predicted octanol–water partition coefficient (Wildman–Crippen LogP) is 1.40. The lowest BCUT2D eigenvalue weighted by Crippen LogP contribution is -2.00. The molecule has 0 radical (unpaired) electrons. The summed E-state index contributed by atoms with van der Waals surface area (Å²) < 4.78 is 1.70. The monoisotopic (exact) mass is 225 g/mol. The van der Waals surface area contributed by atoms with Crippen molar-refractivity contribution in [3.05, 3.63) is 29.3 Å². The number of aryl methyl sites for hydroxylation is 1. The summed E-state index contributed by atoms with van der Waals surface area (Å²) in [7, 11) is 0. The highest BCUT2D eigenvalue weighted by Crippen LogP contribution is 2.17. The molecule has 6 heteroatoms. The molecule has 0 aliphatic heterocycles. The molecule has 78 valence electrons. The summed E-state index contributed by atoms with van der Waals surface area (Å²) >= 11 is 5.89. The van der Waals surface area contributed by atoms with Gasteiger partial charge in [-0.05, 0) is 6.07 Å². The number of carboxylic acids is 1. The van der Waals surface area contributed by atoms with Crippen molar-refractivity contribution in [1.82, 2.24) is 14.4 Å². The Balaban J connectivity index is 2.40. The SMILES string of the molecule is O=C(O)CCc1c(Cl)nc2ncccn12. The Hall–Kier alpha value is -1.62. The lowest BCUT2D eigenvalue weighted by atomic mass is 10.2. The summed E-state index contributed by atoms with van der Waals surface area (Å²) in [6.45, 7) is 0. The molecule has 2 heterocycles. The van der Waals surface area contributed by atoms with Gasteiger partial charge < -0.3 is 5.11 Å². The fourth-order valence-corrected chi connectivity index (χ4v) is 1.62. The number of hydrogen-bond donors (Lipinski definition) is 1. The Morgan fingerprint density at radius 2 is 2.40 bits per heavy atom. The van der Waals surface area contributed by atoms with Gasteiger partial charge in [-0.3, -0.25) is 9.20 Å². The second kappa shape index (κ2) is 3.86. The molecule has 15 heavy (non-hydrogen) atoms. The maximum Gasteiger partial charge on any atom is 0.303 e. The highest BCUT2D eigenvalue weighted by atomic mass is 35.5. The zero-order valence-corrected chi connectivity index (χ0v) is 8.48. The number of hydrogen-bond acceptors (Lipinski definition) is 3. The largest absolute Gasteiger partial charge is 0.481 e. The van der Waals surface area contributed by atoms with Crippen molar-refractivity contribution in [3.8, 4) is 0 Å². The number of rotatable bonds is 3. The third kappa shape index (κ3) is 1.92. The topological polar surface area (TPSA) is 67.5 Å². The fourth-order valence-electron chi connectivity index (χ4n) is 1.36. The number of aromatic nitrogens is 3. The van der Waals surface area contributed by atoms with Crippen LogP contribution >= 0.6 is 11.6 Å². The van der Waals surface area contributed by atoms with E-state index in [0.717, 1.165) is 0 Å². The quantitative estimate of drug-likeness (QED) is 0.858. The highest BCUT2D eigenvalue weighted by Gasteiger charge is 2.11. The van der Waals surface area contributed by atoms with Crippen LogP contribution in [0.3, 0.4) is 0 Å². The average Bonchev–Trinajstić information content (AvgIpc) is 2.50. The van der Waals surface area contributed by atoms with Crippen molar-refractivity contribution in [3.63, 3.8) is 0 Å². The molecule has 0 aromatic carbocycles. The lowest BCUT2D eigenvalue weighted by Gasteiger charge is -1.98. The number of nitrogens with zero attached hydrogens (tertiary/aromatic N) is 3. The van der Waals surface area contributed by atoms with E-state index in [4.69, 9.17) is 16.7 Å². The van der Waals surface area contributed by atoms with Gasteiger partial charge in [0.1, 0.15) is 0 Å². The summed E-state index contributed by atoms with van der Waals surface area (Å²) in [5, 5.41) is 8.90. The Morgan fingerprint density at radius 3 is 3.13 bits per heavy atom. The van der Waals surface area contributed by atoms with Crippen molar-refractivity contribution < 1.29 is 9.90 Å². The van der Waals surface area contributed by atoms with Gasteiger partial charge in [-0.2, -0.15) is 4.98 Å². The van der Waals surface area contributed by atoms with Crippen LogP contribution in [-0.2, 0) is 11.2 Å². The third-order valence-corrected chi connectivity index (χ3v) is 2.33. The summed E-state index contributed by atoms with van der Waals surface area (Å²) in [5.74, 6) is -0.368. The highest BCUT2D eigenvalue weighted by molar-refractivity contribution is 6.30. The number of imidazole rings is 1. The standard InChI is InChI=1S/C9H8ClN3O2/c10-8-6(2-3-7(14)15)13-5-1-4-11-9(13)12-8/h1,4-5H,2-3H2,(H,14,15). The molecule has 0 amide bonds. The van der Waals surface area contributed by atoms with Crippen molar-refractivity contribution in [2.45, 2.75) is 12.8 Å². The molecule has 0 saturated carbocycles. The zero-order valence-electron chi connectivity index (χ0n) is 7.72. The van der Waals surface area contributed by atoms with Gasteiger partial charge in [0.2, 0.25) is 5.78 Å². The number of fused-ring (bicyclic) bond motifs is 1. The summed E-state index contributed by atoms with van der Waals surface area (Å²) in [6.07, 6.45) is 3.75. The van der Waals surface area contributed by atoms with Crippen LogP contribution in [0.2, 0.25) is 5.15 Å². The summed E-state index contributed by atoms with van der Waals surface area (Å²) in [6, 6.07) is 1.75. The molecular formula is C9H8ClN3O2. The predicted molar refractivity (Wildman–Crippen MR) is 54.0 cm³/mol. The maximum atomic E-state index is 10.5. The Morgan fingerprint density at radius 1 is 1.60 bits per heavy atom. The van der Waals surface area contributed by atoms with Crippen molar-refractivity contribution in [2.24, 2.45) is 0 Å². The average molecular weight is 226 g/mol. The number of carboxylic acid groups (broad SMARTS) is 1. The molecule has 0 bridgehead atoms. The first kappa shape index (κ1) is 9.92. The molecule has 0 fully saturated rings. The van der Waals surface area contributed by atoms with E-state index in [9.17, 15) is 4.79 Å². The van der Waals surface area contributed by atoms with Gasteiger partial charge in [0.25, 0.3) is 0 Å². The first-order valence-electron chi connectivity index (χ1n) is 4.37. The van der Waals surface area contributed by atoms with E-state index in [0.29, 0.717) is 23.0 Å². The molecule has 1 N–H and O–H groups in total. The van der Waals surface area contributed by atoms with E-state index in [1.807, 2.05) is 0 Å². The van der Waals surface area contributed by atoms with E-state index in [1.165, 1.54) is 0 Å². The van der Waals surface area contributed by atoms with E-state index >= 15 is 0 Å². The van der Waals surface area contributed by atoms with Crippen LogP contribution in [0.25, 0.3) is 5.78 Å². The number of halogens is 1. The molecule has 2 aromatic rings. The Labute approximate surface area is 90.3 Å². The minimum absolute atomic E-state index is 0.0302. The summed E-state index contributed by atoms with van der Waals surface area (Å²) in [5.41, 5.74) is 0.683. The minimum atomic E-state index is -0.857. The Kier molecular flexibility index (Phi) is 2.55. The normalized spacial score (nSPS) is 10.7. The van der Waals surface area contributed by atoms with Gasteiger partial charge in [0.05, 0.1) is 12.1 Å². The van der Waals surface area contributed by atoms with E-state index < -0.39 is 5.97 Å². The first-order chi connectivity index (χ1) is 7.18. The minimum Gasteiger partial charge on any atom is -0.481 e. The van der Waals surface area contributed by atoms with Crippen LogP contribution in [0.5, 0.6) is 0 Å². The van der Waals surface area contributed by atoms with Gasteiger partial charge in [0.15, 0.2) is 5.15 Å². The van der Waals surface area contributed by atoms with Crippen molar-refractivity contribution in [2.75, 3.05) is 0 Å². The molecular weight excluding hydrogens is 218 g/mol. The molecule has 2 aromatic heterocycles. The van der Waals surface area contributed by atoms with Crippen LogP contribution in [0, 0.1) is 0 Å². The zero-order chi connectivity index (χ0) is 10.8. The van der Waals surface area contributed by atoms with Crippen molar-refractivity contribution in [1.29, 1.82) is 0 Å². The third-order valence-electron chi connectivity index (χ3n) is 2.03. The molecule has 0 spiro atoms. The van der Waals surface area contributed by atoms with Gasteiger partial charge in [-0.25, -0.2) is 4.98 Å². The van der Waals surface area contributed by atoms with Crippen LogP contribution in [-0.4, -0.2) is 25.4 Å². The molecule has 0 aliphatic carbocycles. The van der Waals surface area contributed by atoms with Gasteiger partial charge in [-0.15, -0.1) is 0 Å². The van der Waals surface area contributed by atoms with Crippen LogP contribution in [0.1, 0.15) is 12.1 Å². The Bertz CT molecular complexity index is 509. The second-order valence-electron chi connectivity index (χ2n) is 3.03. The number of carbonyl (C=O) groups is 1. The lowest BCUT2D eigenvalue weighted by molar-refractivity contribution is -0.136. The van der Waals surface area contributed by atoms with Gasteiger partial charge in [-0.1, -0.05) is 11.6 Å².